The molecule has 14 nitrogen and oxygen atoms in total. The molecule has 32 heteroatoms. The van der Waals surface area contributed by atoms with Gasteiger partial charge >= 0.3 is 32.3 Å². The maximum absolute atomic E-state index is 11.4. The SMILES string of the molecule is CCCCCCCCCCCCCCCCSc1[nH]cc[n+]1C.CCCCCCCCCCCCCCCCSc1[nH]cc[n+]1C.O=S(=O)([N-]S(=O)(=O)C(F)(F)F)C(F)(F)F.O=S(=O)([N-]S(=O)(=O)C(F)(F)F)C(F)(F)F. The number of aryl methyl sites for hydroxylation is 2. The molecule has 0 fully saturated rings. The summed E-state index contributed by atoms with van der Waals surface area (Å²) in [5.74, 6) is 2.48. The standard InChI is InChI=1S/2C20H38N2S.2C2F6NO4S2/c2*1-3-4-5-6-7-8-9-10-11-12-13-14-15-16-19-23-20-21-17-18-22(20)2;2*3-1(4,5)14(10,11)9-15(12,13)2(6,7)8/h2*17-18H,3-16,19H2,1-2H3;;/q;;2*-1/p+2. The van der Waals surface area contributed by atoms with Crippen molar-refractivity contribution in [3.05, 3.63) is 33.0 Å². The number of hydrogen-bond acceptors (Lipinski definition) is 10. The van der Waals surface area contributed by atoms with Crippen molar-refractivity contribution < 1.29 is 95.5 Å². The van der Waals surface area contributed by atoms with E-state index < -0.39 is 62.1 Å². The Balaban J connectivity index is 0. The number of nitrogens with zero attached hydrogens (tertiary/aromatic N) is 4. The van der Waals surface area contributed by atoms with Gasteiger partial charge in [-0.25, -0.2) is 52.8 Å². The Bertz CT molecular complexity index is 2000. The Morgan fingerprint density at radius 1 is 0.368 bits per heavy atom. The van der Waals surface area contributed by atoms with Gasteiger partial charge in [-0.15, -0.1) is 0 Å². The normalized spacial score (nSPS) is 12.8. The van der Waals surface area contributed by atoms with Gasteiger partial charge in [-0.1, -0.05) is 181 Å². The van der Waals surface area contributed by atoms with Crippen LogP contribution in [0.2, 0.25) is 0 Å². The zero-order valence-corrected chi connectivity index (χ0v) is 48.5. The molecule has 2 aromatic heterocycles. The molecule has 76 heavy (non-hydrogen) atoms. The minimum absolute atomic E-state index is 0.778. The van der Waals surface area contributed by atoms with Crippen LogP contribution in [-0.4, -0.2) is 77.2 Å². The second-order valence-electron chi connectivity index (χ2n) is 17.5. The number of nitrogens with one attached hydrogen (secondary N) is 2. The molecule has 0 spiro atoms. The highest BCUT2D eigenvalue weighted by atomic mass is 32.3. The molecule has 0 amide bonds. The monoisotopic (exact) mass is 1240 g/mol. The summed E-state index contributed by atoms with van der Waals surface area (Å²) in [6.07, 6.45) is 48.4. The van der Waals surface area contributed by atoms with E-state index in [1.807, 2.05) is 35.9 Å². The van der Waals surface area contributed by atoms with Gasteiger partial charge in [0.25, 0.3) is 0 Å². The van der Waals surface area contributed by atoms with Crippen LogP contribution in [0.25, 0.3) is 8.25 Å². The highest BCUT2D eigenvalue weighted by Gasteiger charge is 2.48. The lowest BCUT2D eigenvalue weighted by atomic mass is 10.0. The van der Waals surface area contributed by atoms with E-state index in [4.69, 9.17) is 0 Å². The zero-order chi connectivity index (χ0) is 58.6. The Morgan fingerprint density at radius 2 is 0.553 bits per heavy atom. The Labute approximate surface area is 451 Å². The lowest BCUT2D eigenvalue weighted by Crippen LogP contribution is -2.30. The number of aromatic nitrogens is 4. The van der Waals surface area contributed by atoms with Gasteiger partial charge in [0, 0.05) is 11.5 Å². The van der Waals surface area contributed by atoms with E-state index in [1.165, 1.54) is 202 Å². The van der Waals surface area contributed by atoms with Gasteiger partial charge in [-0.05, 0) is 36.4 Å². The van der Waals surface area contributed by atoms with Crippen LogP contribution in [0.5, 0.6) is 0 Å². The number of thioether (sulfide) groups is 2. The van der Waals surface area contributed by atoms with Crippen molar-refractivity contribution in [3.8, 4) is 0 Å². The second-order valence-corrected chi connectivity index (χ2v) is 26.5. The van der Waals surface area contributed by atoms with Gasteiger partial charge in [0.2, 0.25) is 0 Å². The van der Waals surface area contributed by atoms with Gasteiger partial charge in [0.15, 0.2) is 40.1 Å². The van der Waals surface area contributed by atoms with Gasteiger partial charge in [0.05, 0.1) is 14.1 Å². The Morgan fingerprint density at radius 3 is 0.711 bits per heavy atom. The molecule has 452 valence electrons. The Hall–Kier alpha value is -2.00. The van der Waals surface area contributed by atoms with E-state index in [9.17, 15) is 86.4 Å². The number of sulfonamides is 4. The van der Waals surface area contributed by atoms with Gasteiger partial charge in [-0.3, -0.25) is 0 Å². The molecule has 2 rings (SSSR count). The van der Waals surface area contributed by atoms with Crippen molar-refractivity contribution in [1.29, 1.82) is 0 Å². The minimum atomic E-state index is -6.72. The van der Waals surface area contributed by atoms with Crippen molar-refractivity contribution in [1.82, 2.24) is 9.97 Å². The van der Waals surface area contributed by atoms with Gasteiger partial charge in [0.1, 0.15) is 24.8 Å². The lowest BCUT2D eigenvalue weighted by molar-refractivity contribution is -0.708. The summed E-state index contributed by atoms with van der Waals surface area (Å²) >= 11 is 3.89. The van der Waals surface area contributed by atoms with E-state index in [0.29, 0.717) is 0 Å². The molecule has 0 bridgehead atoms. The summed E-state index contributed by atoms with van der Waals surface area (Å²) in [6.45, 7) is 4.58. The summed E-state index contributed by atoms with van der Waals surface area (Å²) in [6, 6.07) is 0. The number of imidazole rings is 2. The maximum Gasteiger partial charge on any atom is 0.480 e. The average molecular weight is 1240 g/mol. The summed E-state index contributed by atoms with van der Waals surface area (Å²) in [4.78, 5) is 6.56. The highest BCUT2D eigenvalue weighted by Crippen LogP contribution is 2.37. The van der Waals surface area contributed by atoms with Crippen LogP contribution in [0.1, 0.15) is 194 Å². The molecule has 0 aliphatic carbocycles. The van der Waals surface area contributed by atoms with E-state index in [0.717, 1.165) is 8.25 Å². The predicted molar refractivity (Wildman–Crippen MR) is 273 cm³/mol. The molecule has 0 aliphatic heterocycles. The summed E-state index contributed by atoms with van der Waals surface area (Å²) in [7, 11) is -22.7. The van der Waals surface area contributed by atoms with Gasteiger partial charge in [-0.2, -0.15) is 52.7 Å². The molecule has 2 heterocycles. The molecule has 0 saturated carbocycles. The first-order valence-corrected chi connectivity index (χ1v) is 32.9. The van der Waals surface area contributed by atoms with E-state index >= 15 is 0 Å². The number of alkyl halides is 12. The van der Waals surface area contributed by atoms with E-state index in [-0.39, 0.29) is 0 Å². The number of halogens is 12. The van der Waals surface area contributed by atoms with Crippen LogP contribution >= 0.6 is 23.5 Å². The number of aromatic amines is 2. The van der Waals surface area contributed by atoms with Crippen molar-refractivity contribution in [3.63, 3.8) is 0 Å². The van der Waals surface area contributed by atoms with Crippen LogP contribution in [0.4, 0.5) is 52.7 Å². The third-order valence-electron chi connectivity index (χ3n) is 10.7. The van der Waals surface area contributed by atoms with E-state index in [1.54, 1.807) is 0 Å². The van der Waals surface area contributed by atoms with Crippen molar-refractivity contribution in [2.24, 2.45) is 14.1 Å². The zero-order valence-electron chi connectivity index (χ0n) is 43.6. The van der Waals surface area contributed by atoms with Crippen LogP contribution < -0.4 is 9.13 Å². The smallest absolute Gasteiger partial charge is 0.421 e. The fourth-order valence-corrected chi connectivity index (χ4v) is 11.8. The molecule has 0 saturated heterocycles. The molecule has 2 N–H and O–H groups in total. The van der Waals surface area contributed by atoms with Crippen LogP contribution in [0, 0.1) is 0 Å². The molecular formula is C44H78F12N6O8S6. The first-order valence-electron chi connectivity index (χ1n) is 25.1. The summed E-state index contributed by atoms with van der Waals surface area (Å²) in [5.41, 5.74) is -24.8. The molecule has 0 unspecified atom stereocenters. The number of rotatable bonds is 36. The van der Waals surface area contributed by atoms with Crippen LogP contribution in [0.15, 0.2) is 35.1 Å². The number of H-pyrrole nitrogens is 2. The van der Waals surface area contributed by atoms with Crippen molar-refractivity contribution in [2.75, 3.05) is 11.5 Å². The molecule has 2 aromatic rings. The molecule has 0 radical (unpaired) electrons. The third kappa shape index (κ3) is 36.3. The molecule has 0 aliphatic rings. The number of hydrogen-bond donors (Lipinski definition) is 2. The fraction of sp³-hybridized carbons (Fsp3) is 0.864. The Kier molecular flexibility index (Phi) is 39.4. The predicted octanol–water partition coefficient (Wildman–Crippen LogP) is 14.9. The summed E-state index contributed by atoms with van der Waals surface area (Å²) < 4.78 is 223. The topological polar surface area (TPSA) is 204 Å². The fourth-order valence-electron chi connectivity index (χ4n) is 6.43. The third-order valence-corrected chi connectivity index (χ3v) is 18.5. The maximum atomic E-state index is 11.4. The minimum Gasteiger partial charge on any atom is -0.421 e. The largest absolute Gasteiger partial charge is 0.480 e. The van der Waals surface area contributed by atoms with E-state index in [2.05, 4.69) is 59.4 Å². The molecular weight excluding hydrogens is 1160 g/mol. The quantitative estimate of drug-likeness (QED) is 0.0286. The molecule has 0 aromatic carbocycles. The second kappa shape index (κ2) is 39.4. The first-order chi connectivity index (χ1) is 35.1. The van der Waals surface area contributed by atoms with Gasteiger partial charge < -0.3 is 8.25 Å². The van der Waals surface area contributed by atoms with Crippen molar-refractivity contribution >= 4 is 63.6 Å². The lowest BCUT2D eigenvalue weighted by Gasteiger charge is -2.22. The van der Waals surface area contributed by atoms with Crippen LogP contribution in [-0.2, 0) is 54.2 Å². The van der Waals surface area contributed by atoms with Crippen LogP contribution in [0.3, 0.4) is 0 Å². The average Bonchev–Trinajstić information content (AvgIpc) is 3.90. The first kappa shape index (κ1) is 76.1. The number of unbranched alkanes of at least 4 members (excludes halogenated alkanes) is 26. The molecule has 0 atom stereocenters. The van der Waals surface area contributed by atoms with Crippen molar-refractivity contribution in [2.45, 2.75) is 226 Å². The summed E-state index contributed by atoms with van der Waals surface area (Å²) in [5, 5.41) is 2.55. The highest BCUT2D eigenvalue weighted by molar-refractivity contribution is 8.13.